The Balaban J connectivity index is 1.61. The van der Waals surface area contributed by atoms with Gasteiger partial charge in [-0.1, -0.05) is 35.4 Å². The number of carbonyl (C=O) groups excluding carboxylic acids is 3. The third-order valence-corrected chi connectivity index (χ3v) is 6.27. The number of halogens is 2. The molecular weight excluding hydrogens is 503 g/mol. The second-order valence-electron chi connectivity index (χ2n) is 8.34. The maximum absolute atomic E-state index is 13.7. The van der Waals surface area contributed by atoms with Gasteiger partial charge in [0.05, 0.1) is 12.1 Å². The molecule has 1 aliphatic rings. The molecule has 2 N–H and O–H groups in total. The second-order valence-corrected chi connectivity index (χ2v) is 9.14. The molecule has 3 aromatic carbocycles. The molecule has 1 saturated heterocycles. The van der Waals surface area contributed by atoms with E-state index in [0.717, 1.165) is 17.2 Å². The molecule has 1 atom stereocenters. The molecule has 0 unspecified atom stereocenters. The average Bonchev–Trinajstić information content (AvgIpc) is 3.05. The van der Waals surface area contributed by atoms with Crippen molar-refractivity contribution in [3.05, 3.63) is 94.3 Å². The van der Waals surface area contributed by atoms with Crippen LogP contribution in [0.4, 0.5) is 15.8 Å². The van der Waals surface area contributed by atoms with Crippen molar-refractivity contribution in [3.8, 4) is 0 Å². The lowest BCUT2D eigenvalue weighted by Gasteiger charge is -2.24. The SMILES string of the molecule is Cc1ccc(NC(=O)C[C@@H]2C(=O)N(c3ccc(Cl)cc3)C(=S)N2NC(=O)c2cccc(F)c2)c(C)c1. The van der Waals surface area contributed by atoms with Gasteiger partial charge in [0.25, 0.3) is 11.8 Å². The number of aryl methyl sites for hydroxylation is 2. The van der Waals surface area contributed by atoms with E-state index < -0.39 is 29.6 Å². The zero-order valence-electron chi connectivity index (χ0n) is 19.4. The summed E-state index contributed by atoms with van der Waals surface area (Å²) in [6, 6.07) is 16.0. The number of hydrogen-bond acceptors (Lipinski definition) is 4. The van der Waals surface area contributed by atoms with Crippen molar-refractivity contribution < 1.29 is 18.8 Å². The summed E-state index contributed by atoms with van der Waals surface area (Å²) in [4.78, 5) is 40.5. The standard InChI is InChI=1S/C26H22ClFN4O3S/c1-15-6-11-21(16(2)12-15)29-23(33)14-22-25(35)31(20-9-7-18(27)8-10-20)26(36)32(22)30-24(34)17-4-3-5-19(28)13-17/h3-13,22H,14H2,1-2H3,(H,29,33)(H,30,34)/t22-/m1/s1. The number of nitrogens with one attached hydrogen (secondary N) is 2. The van der Waals surface area contributed by atoms with Crippen LogP contribution in [0.25, 0.3) is 0 Å². The van der Waals surface area contributed by atoms with E-state index in [0.29, 0.717) is 16.4 Å². The fraction of sp³-hybridized carbons (Fsp3) is 0.154. The zero-order valence-corrected chi connectivity index (χ0v) is 21.0. The minimum absolute atomic E-state index is 0.0311. The molecule has 0 bridgehead atoms. The monoisotopic (exact) mass is 524 g/mol. The highest BCUT2D eigenvalue weighted by atomic mass is 35.5. The van der Waals surface area contributed by atoms with E-state index in [1.807, 2.05) is 26.0 Å². The molecule has 0 aromatic heterocycles. The molecule has 36 heavy (non-hydrogen) atoms. The Kier molecular flexibility index (Phi) is 7.32. The summed E-state index contributed by atoms with van der Waals surface area (Å²) in [6.45, 7) is 3.81. The zero-order chi connectivity index (χ0) is 26.0. The van der Waals surface area contributed by atoms with Gasteiger partial charge >= 0.3 is 0 Å². The second kappa shape index (κ2) is 10.4. The first kappa shape index (κ1) is 25.3. The maximum Gasteiger partial charge on any atom is 0.269 e. The molecule has 0 aliphatic carbocycles. The van der Waals surface area contributed by atoms with Crippen LogP contribution >= 0.6 is 23.8 Å². The first-order chi connectivity index (χ1) is 17.1. The first-order valence-corrected chi connectivity index (χ1v) is 11.8. The summed E-state index contributed by atoms with van der Waals surface area (Å²) in [5.41, 5.74) is 5.57. The van der Waals surface area contributed by atoms with Crippen LogP contribution in [-0.4, -0.2) is 33.9 Å². The predicted octanol–water partition coefficient (Wildman–Crippen LogP) is 4.77. The van der Waals surface area contributed by atoms with E-state index in [-0.39, 0.29) is 17.1 Å². The summed E-state index contributed by atoms with van der Waals surface area (Å²) < 4.78 is 13.7. The van der Waals surface area contributed by atoms with Crippen LogP contribution in [0.3, 0.4) is 0 Å². The van der Waals surface area contributed by atoms with Crippen molar-refractivity contribution in [3.63, 3.8) is 0 Å². The fourth-order valence-electron chi connectivity index (χ4n) is 3.86. The molecule has 10 heteroatoms. The van der Waals surface area contributed by atoms with Crippen molar-refractivity contribution in [1.29, 1.82) is 0 Å². The van der Waals surface area contributed by atoms with Crippen molar-refractivity contribution >= 4 is 58.0 Å². The summed E-state index contributed by atoms with van der Waals surface area (Å²) in [5.74, 6) is -2.21. The van der Waals surface area contributed by atoms with Gasteiger partial charge in [-0.05, 0) is 80.2 Å². The van der Waals surface area contributed by atoms with Gasteiger partial charge < -0.3 is 5.32 Å². The number of rotatable bonds is 6. The number of hydrazine groups is 1. The summed E-state index contributed by atoms with van der Waals surface area (Å²) in [7, 11) is 0. The smallest absolute Gasteiger partial charge is 0.269 e. The van der Waals surface area contributed by atoms with E-state index in [9.17, 15) is 18.8 Å². The highest BCUT2D eigenvalue weighted by Gasteiger charge is 2.45. The van der Waals surface area contributed by atoms with Gasteiger partial charge in [-0.3, -0.25) is 24.7 Å². The van der Waals surface area contributed by atoms with Crippen LogP contribution in [0.1, 0.15) is 27.9 Å². The Morgan fingerprint density at radius 1 is 1.06 bits per heavy atom. The third kappa shape index (κ3) is 5.37. The minimum atomic E-state index is -1.13. The Labute approximate surface area is 217 Å². The van der Waals surface area contributed by atoms with Crippen molar-refractivity contribution in [2.75, 3.05) is 10.2 Å². The van der Waals surface area contributed by atoms with E-state index in [2.05, 4.69) is 10.7 Å². The lowest BCUT2D eigenvalue weighted by Crippen LogP contribution is -2.49. The molecule has 4 rings (SSSR count). The predicted molar refractivity (Wildman–Crippen MR) is 140 cm³/mol. The van der Waals surface area contributed by atoms with Crippen LogP contribution in [0, 0.1) is 19.7 Å². The quantitative estimate of drug-likeness (QED) is 0.454. The highest BCUT2D eigenvalue weighted by molar-refractivity contribution is 7.80. The number of thiocarbonyl (C=S) groups is 1. The molecule has 3 amide bonds. The number of hydrogen-bond donors (Lipinski definition) is 2. The van der Waals surface area contributed by atoms with Crippen molar-refractivity contribution in [2.45, 2.75) is 26.3 Å². The van der Waals surface area contributed by atoms with Gasteiger partial charge in [-0.25, -0.2) is 9.40 Å². The molecule has 0 saturated carbocycles. The molecule has 184 valence electrons. The number of carbonyl (C=O) groups is 3. The average molecular weight is 525 g/mol. The molecule has 1 heterocycles. The summed E-state index contributed by atoms with van der Waals surface area (Å²) in [5, 5.41) is 4.42. The minimum Gasteiger partial charge on any atom is -0.326 e. The number of benzene rings is 3. The van der Waals surface area contributed by atoms with Gasteiger partial charge in [0.2, 0.25) is 11.0 Å². The van der Waals surface area contributed by atoms with Gasteiger partial charge in [-0.2, -0.15) is 0 Å². The third-order valence-electron chi connectivity index (χ3n) is 5.64. The lowest BCUT2D eigenvalue weighted by molar-refractivity contribution is -0.124. The number of amides is 3. The van der Waals surface area contributed by atoms with Crippen molar-refractivity contribution in [1.82, 2.24) is 10.4 Å². The highest BCUT2D eigenvalue weighted by Crippen LogP contribution is 2.28. The van der Waals surface area contributed by atoms with E-state index in [4.69, 9.17) is 23.8 Å². The van der Waals surface area contributed by atoms with Gasteiger partial charge in [0.15, 0.2) is 0 Å². The molecular formula is C26H22ClFN4O3S. The van der Waals surface area contributed by atoms with Crippen LogP contribution in [0.15, 0.2) is 66.7 Å². The van der Waals surface area contributed by atoms with Crippen LogP contribution in [0.5, 0.6) is 0 Å². The Bertz CT molecular complexity index is 1370. The van der Waals surface area contributed by atoms with Crippen LogP contribution < -0.4 is 15.6 Å². The van der Waals surface area contributed by atoms with E-state index >= 15 is 0 Å². The topological polar surface area (TPSA) is 81.8 Å². The first-order valence-electron chi connectivity index (χ1n) is 11.0. The molecule has 7 nitrogen and oxygen atoms in total. The largest absolute Gasteiger partial charge is 0.326 e. The maximum atomic E-state index is 13.7. The van der Waals surface area contributed by atoms with Crippen LogP contribution in [0.2, 0.25) is 5.02 Å². The Morgan fingerprint density at radius 3 is 2.44 bits per heavy atom. The Morgan fingerprint density at radius 2 is 1.78 bits per heavy atom. The van der Waals surface area contributed by atoms with E-state index in [1.165, 1.54) is 28.1 Å². The number of nitrogens with zero attached hydrogens (tertiary/aromatic N) is 2. The lowest BCUT2D eigenvalue weighted by atomic mass is 10.1. The van der Waals surface area contributed by atoms with Gasteiger partial charge in [-0.15, -0.1) is 0 Å². The normalized spacial score (nSPS) is 15.3. The summed E-state index contributed by atoms with van der Waals surface area (Å²) in [6.07, 6.45) is -0.292. The Hall–Kier alpha value is -3.82. The van der Waals surface area contributed by atoms with Gasteiger partial charge in [0.1, 0.15) is 11.9 Å². The van der Waals surface area contributed by atoms with Crippen molar-refractivity contribution in [2.24, 2.45) is 0 Å². The molecule has 0 radical (unpaired) electrons. The van der Waals surface area contributed by atoms with Crippen LogP contribution in [-0.2, 0) is 9.59 Å². The van der Waals surface area contributed by atoms with E-state index in [1.54, 1.807) is 30.3 Å². The molecule has 3 aromatic rings. The molecule has 1 fully saturated rings. The number of anilines is 2. The van der Waals surface area contributed by atoms with Gasteiger partial charge in [0, 0.05) is 16.3 Å². The fourth-order valence-corrected chi connectivity index (χ4v) is 4.36. The summed E-state index contributed by atoms with van der Waals surface area (Å²) >= 11 is 11.5. The molecule has 0 spiro atoms. The molecule has 1 aliphatic heterocycles.